The first-order valence-corrected chi connectivity index (χ1v) is 11.0. The van der Waals surface area contributed by atoms with Crippen molar-refractivity contribution >= 4 is 0 Å². The van der Waals surface area contributed by atoms with Crippen LogP contribution < -0.4 is 11.1 Å². The topological polar surface area (TPSA) is 38.0 Å². The molecule has 0 heterocycles. The molecule has 24 heavy (non-hydrogen) atoms. The van der Waals surface area contributed by atoms with E-state index in [1.807, 2.05) is 12.3 Å². The lowest BCUT2D eigenvalue weighted by Crippen LogP contribution is -2.07. The molecule has 2 nitrogen and oxygen atoms in total. The third kappa shape index (κ3) is 21.5. The van der Waals surface area contributed by atoms with Crippen molar-refractivity contribution in [3.05, 3.63) is 12.3 Å². The van der Waals surface area contributed by atoms with E-state index < -0.39 is 0 Å². The molecule has 0 aliphatic carbocycles. The summed E-state index contributed by atoms with van der Waals surface area (Å²) >= 11 is 0. The fraction of sp³-hybridized carbons (Fsp3) is 0.909. The maximum Gasteiger partial charge on any atom is 0.0141 e. The Morgan fingerprint density at radius 1 is 0.583 bits per heavy atom. The molecule has 0 aromatic rings. The molecule has 0 radical (unpaired) electrons. The Labute approximate surface area is 153 Å². The Kier molecular flexibility index (Phi) is 22.0. The fourth-order valence-corrected chi connectivity index (χ4v) is 3.19. The molecular formula is C22H46N2. The minimum atomic E-state index is 0.631. The number of rotatable bonds is 20. The van der Waals surface area contributed by atoms with Crippen molar-refractivity contribution in [2.24, 2.45) is 5.73 Å². The van der Waals surface area contributed by atoms with Gasteiger partial charge in [0.05, 0.1) is 0 Å². The largest absolute Gasteiger partial charge is 0.391 e. The van der Waals surface area contributed by atoms with E-state index in [1.165, 1.54) is 109 Å². The zero-order valence-electron chi connectivity index (χ0n) is 16.7. The van der Waals surface area contributed by atoms with E-state index in [9.17, 15) is 0 Å². The van der Waals surface area contributed by atoms with Crippen LogP contribution in [0.1, 0.15) is 116 Å². The maximum atomic E-state index is 5.38. The number of hydrogen-bond acceptors (Lipinski definition) is 2. The third-order valence-corrected chi connectivity index (χ3v) is 4.80. The predicted molar refractivity (Wildman–Crippen MR) is 110 cm³/mol. The van der Waals surface area contributed by atoms with Crippen molar-refractivity contribution in [3.8, 4) is 0 Å². The standard InChI is InChI=1S/C22H46N2/c1-2-3-4-5-6-7-8-9-10-11-12-13-14-15-16-17-18-21-24-22-19-20-23/h19,22,24H,2-18,20-21,23H2,1H3. The van der Waals surface area contributed by atoms with E-state index in [4.69, 9.17) is 5.73 Å². The Morgan fingerprint density at radius 3 is 1.33 bits per heavy atom. The van der Waals surface area contributed by atoms with Crippen molar-refractivity contribution < 1.29 is 0 Å². The molecule has 0 amide bonds. The van der Waals surface area contributed by atoms with Crippen LogP contribution in [0.15, 0.2) is 12.3 Å². The molecule has 0 fully saturated rings. The minimum absolute atomic E-state index is 0.631. The lowest BCUT2D eigenvalue weighted by Gasteiger charge is -2.04. The van der Waals surface area contributed by atoms with E-state index in [0.717, 1.165) is 6.54 Å². The van der Waals surface area contributed by atoms with Crippen LogP contribution >= 0.6 is 0 Å². The summed E-state index contributed by atoms with van der Waals surface area (Å²) in [5, 5.41) is 3.28. The molecule has 0 bridgehead atoms. The SMILES string of the molecule is CCCCCCCCCCCCCCCCCCCNC=CCN. The molecule has 3 N–H and O–H groups in total. The van der Waals surface area contributed by atoms with Crippen molar-refractivity contribution in [1.29, 1.82) is 0 Å². The summed E-state index contributed by atoms with van der Waals surface area (Å²) < 4.78 is 0. The van der Waals surface area contributed by atoms with Gasteiger partial charge in [0.1, 0.15) is 0 Å². The number of nitrogens with two attached hydrogens (primary N) is 1. The van der Waals surface area contributed by atoms with Gasteiger partial charge in [-0.2, -0.15) is 0 Å². The predicted octanol–water partition coefficient (Wildman–Crippen LogP) is 6.70. The summed E-state index contributed by atoms with van der Waals surface area (Å²) in [6.07, 6.45) is 28.3. The molecule has 0 saturated heterocycles. The molecule has 0 aliphatic rings. The van der Waals surface area contributed by atoms with Gasteiger partial charge in [0.2, 0.25) is 0 Å². The molecular weight excluding hydrogens is 292 g/mol. The van der Waals surface area contributed by atoms with Crippen molar-refractivity contribution in [2.45, 2.75) is 116 Å². The van der Waals surface area contributed by atoms with Gasteiger partial charge in [-0.25, -0.2) is 0 Å². The van der Waals surface area contributed by atoms with Crippen molar-refractivity contribution in [3.63, 3.8) is 0 Å². The molecule has 0 saturated carbocycles. The first-order chi connectivity index (χ1) is 11.9. The van der Waals surface area contributed by atoms with Gasteiger partial charge in [-0.15, -0.1) is 0 Å². The van der Waals surface area contributed by atoms with E-state index in [2.05, 4.69) is 12.2 Å². The lowest BCUT2D eigenvalue weighted by atomic mass is 10.0. The number of nitrogens with one attached hydrogen (secondary N) is 1. The Bertz CT molecular complexity index is 238. The Morgan fingerprint density at radius 2 is 0.958 bits per heavy atom. The quantitative estimate of drug-likeness (QED) is 0.242. The van der Waals surface area contributed by atoms with Gasteiger partial charge in [0, 0.05) is 13.1 Å². The van der Waals surface area contributed by atoms with E-state index in [1.54, 1.807) is 0 Å². The van der Waals surface area contributed by atoms with Gasteiger partial charge in [-0.3, -0.25) is 0 Å². The molecule has 0 unspecified atom stereocenters. The highest BCUT2D eigenvalue weighted by molar-refractivity contribution is 4.79. The first-order valence-electron chi connectivity index (χ1n) is 11.0. The van der Waals surface area contributed by atoms with Crippen LogP contribution in [0.3, 0.4) is 0 Å². The summed E-state index contributed by atoms with van der Waals surface area (Å²) in [6.45, 7) is 4.02. The molecule has 0 rings (SSSR count). The van der Waals surface area contributed by atoms with E-state index >= 15 is 0 Å². The van der Waals surface area contributed by atoms with Crippen LogP contribution in [0, 0.1) is 0 Å². The first kappa shape index (κ1) is 23.5. The minimum Gasteiger partial charge on any atom is -0.391 e. The van der Waals surface area contributed by atoms with E-state index in [0.29, 0.717) is 6.54 Å². The van der Waals surface area contributed by atoms with Gasteiger partial charge >= 0.3 is 0 Å². The summed E-state index contributed by atoms with van der Waals surface area (Å²) in [5.41, 5.74) is 5.38. The van der Waals surface area contributed by atoms with E-state index in [-0.39, 0.29) is 0 Å². The van der Waals surface area contributed by atoms with Crippen LogP contribution in [-0.4, -0.2) is 13.1 Å². The average molecular weight is 339 g/mol. The summed E-state index contributed by atoms with van der Waals surface area (Å²) in [6, 6.07) is 0. The summed E-state index contributed by atoms with van der Waals surface area (Å²) in [4.78, 5) is 0. The van der Waals surface area contributed by atoms with Gasteiger partial charge in [-0.1, -0.05) is 116 Å². The van der Waals surface area contributed by atoms with Gasteiger partial charge < -0.3 is 11.1 Å². The Balaban J connectivity index is 2.97. The van der Waals surface area contributed by atoms with Crippen LogP contribution in [0.5, 0.6) is 0 Å². The third-order valence-electron chi connectivity index (χ3n) is 4.80. The molecule has 0 atom stereocenters. The molecule has 0 aliphatic heterocycles. The maximum absolute atomic E-state index is 5.38. The van der Waals surface area contributed by atoms with Crippen LogP contribution in [0.2, 0.25) is 0 Å². The van der Waals surface area contributed by atoms with Gasteiger partial charge in [-0.05, 0) is 12.6 Å². The normalized spacial score (nSPS) is 11.4. The monoisotopic (exact) mass is 338 g/mol. The number of hydrogen-bond donors (Lipinski definition) is 2. The highest BCUT2D eigenvalue weighted by Crippen LogP contribution is 2.13. The lowest BCUT2D eigenvalue weighted by molar-refractivity contribution is 0.526. The molecule has 144 valence electrons. The summed E-state index contributed by atoms with van der Waals surface area (Å²) in [5.74, 6) is 0. The fourth-order valence-electron chi connectivity index (χ4n) is 3.19. The molecule has 0 aromatic heterocycles. The zero-order valence-corrected chi connectivity index (χ0v) is 16.7. The smallest absolute Gasteiger partial charge is 0.0141 e. The average Bonchev–Trinajstić information content (AvgIpc) is 2.60. The second kappa shape index (κ2) is 22.5. The Hall–Kier alpha value is -0.500. The van der Waals surface area contributed by atoms with Gasteiger partial charge in [0.25, 0.3) is 0 Å². The highest BCUT2D eigenvalue weighted by atomic mass is 14.8. The van der Waals surface area contributed by atoms with Crippen LogP contribution in [0.25, 0.3) is 0 Å². The second-order valence-corrected chi connectivity index (χ2v) is 7.25. The second-order valence-electron chi connectivity index (χ2n) is 7.25. The molecule has 2 heteroatoms. The molecule has 0 aromatic carbocycles. The van der Waals surface area contributed by atoms with Crippen molar-refractivity contribution in [1.82, 2.24) is 5.32 Å². The van der Waals surface area contributed by atoms with Crippen LogP contribution in [-0.2, 0) is 0 Å². The van der Waals surface area contributed by atoms with Crippen LogP contribution in [0.4, 0.5) is 0 Å². The zero-order chi connectivity index (χ0) is 17.6. The van der Waals surface area contributed by atoms with Gasteiger partial charge in [0.15, 0.2) is 0 Å². The molecule has 0 spiro atoms. The van der Waals surface area contributed by atoms with Crippen molar-refractivity contribution in [2.75, 3.05) is 13.1 Å². The summed E-state index contributed by atoms with van der Waals surface area (Å²) in [7, 11) is 0. The number of unbranched alkanes of at least 4 members (excludes halogenated alkanes) is 16. The highest BCUT2D eigenvalue weighted by Gasteiger charge is 1.94.